The number of hydrogen-bond acceptors (Lipinski definition) is 6. The predicted molar refractivity (Wildman–Crippen MR) is 80.9 cm³/mol. The molecular formula is C14H17N5S. The number of piperazine rings is 1. The van der Waals surface area contributed by atoms with E-state index < -0.39 is 5.54 Å². The van der Waals surface area contributed by atoms with Crippen LogP contribution in [0.1, 0.15) is 13.8 Å². The van der Waals surface area contributed by atoms with Gasteiger partial charge in [0.2, 0.25) is 0 Å². The van der Waals surface area contributed by atoms with Crippen molar-refractivity contribution in [3.8, 4) is 6.07 Å². The maximum atomic E-state index is 9.22. The lowest BCUT2D eigenvalue weighted by molar-refractivity contribution is 0.158. The molecule has 3 rings (SSSR count). The maximum Gasteiger partial charge on any atom is 0.150 e. The minimum absolute atomic E-state index is 0.393. The van der Waals surface area contributed by atoms with Crippen molar-refractivity contribution in [2.24, 2.45) is 0 Å². The Balaban J connectivity index is 1.79. The molecule has 0 N–H and O–H groups in total. The largest absolute Gasteiger partial charge is 0.353 e. The quantitative estimate of drug-likeness (QED) is 0.847. The first-order valence-electron chi connectivity index (χ1n) is 6.71. The molecule has 0 bridgehead atoms. The van der Waals surface area contributed by atoms with Gasteiger partial charge in [-0.25, -0.2) is 9.97 Å². The highest BCUT2D eigenvalue weighted by Crippen LogP contribution is 2.29. The fraction of sp³-hybridized carbons (Fsp3) is 0.500. The molecule has 0 saturated carbocycles. The molecule has 0 atom stereocenters. The minimum Gasteiger partial charge on any atom is -0.353 e. The molecule has 2 aromatic rings. The Morgan fingerprint density at radius 1 is 1.25 bits per heavy atom. The number of thiophene rings is 1. The Labute approximate surface area is 122 Å². The van der Waals surface area contributed by atoms with E-state index in [0.717, 1.165) is 42.2 Å². The van der Waals surface area contributed by atoms with Crippen LogP contribution in [0.5, 0.6) is 0 Å². The Morgan fingerprint density at radius 2 is 2.00 bits per heavy atom. The van der Waals surface area contributed by atoms with Crippen LogP contribution in [-0.4, -0.2) is 46.6 Å². The number of anilines is 1. The van der Waals surface area contributed by atoms with E-state index in [1.165, 1.54) is 0 Å². The number of fused-ring (bicyclic) bond motifs is 1. The highest BCUT2D eigenvalue weighted by Gasteiger charge is 2.30. The molecule has 2 aromatic heterocycles. The summed E-state index contributed by atoms with van der Waals surface area (Å²) in [6, 6.07) is 4.40. The zero-order valence-electron chi connectivity index (χ0n) is 11.7. The van der Waals surface area contributed by atoms with Crippen LogP contribution in [0.25, 0.3) is 10.2 Å². The van der Waals surface area contributed by atoms with Crippen LogP contribution >= 0.6 is 11.3 Å². The van der Waals surface area contributed by atoms with Crippen LogP contribution in [0.15, 0.2) is 17.8 Å². The molecule has 0 radical (unpaired) electrons. The first-order valence-corrected chi connectivity index (χ1v) is 7.59. The van der Waals surface area contributed by atoms with Crippen LogP contribution in [0.3, 0.4) is 0 Å². The number of nitrogens with zero attached hydrogens (tertiary/aromatic N) is 5. The van der Waals surface area contributed by atoms with Crippen LogP contribution < -0.4 is 4.90 Å². The molecule has 0 unspecified atom stereocenters. The first kappa shape index (κ1) is 13.3. The van der Waals surface area contributed by atoms with Gasteiger partial charge in [-0.05, 0) is 25.3 Å². The Bertz CT molecular complexity index is 649. The summed E-state index contributed by atoms with van der Waals surface area (Å²) >= 11 is 1.69. The van der Waals surface area contributed by atoms with Gasteiger partial charge in [0.1, 0.15) is 17.7 Å². The normalized spacial score (nSPS) is 17.4. The fourth-order valence-electron chi connectivity index (χ4n) is 2.55. The van der Waals surface area contributed by atoms with Gasteiger partial charge in [-0.15, -0.1) is 11.3 Å². The van der Waals surface area contributed by atoms with Crippen LogP contribution in [-0.2, 0) is 0 Å². The average molecular weight is 287 g/mol. The minimum atomic E-state index is -0.393. The topological polar surface area (TPSA) is 56.1 Å². The highest BCUT2D eigenvalue weighted by molar-refractivity contribution is 7.17. The van der Waals surface area contributed by atoms with Crippen molar-refractivity contribution < 1.29 is 0 Å². The zero-order chi connectivity index (χ0) is 14.2. The molecule has 1 aliphatic heterocycles. The average Bonchev–Trinajstić information content (AvgIpc) is 2.95. The van der Waals surface area contributed by atoms with Crippen molar-refractivity contribution in [3.05, 3.63) is 17.8 Å². The second-order valence-corrected chi connectivity index (χ2v) is 6.39. The Morgan fingerprint density at radius 3 is 2.70 bits per heavy atom. The summed E-state index contributed by atoms with van der Waals surface area (Å²) in [5.41, 5.74) is 0.621. The zero-order valence-corrected chi connectivity index (χ0v) is 12.5. The van der Waals surface area contributed by atoms with Crippen molar-refractivity contribution in [2.75, 3.05) is 31.1 Å². The van der Waals surface area contributed by atoms with Gasteiger partial charge >= 0.3 is 0 Å². The van der Waals surface area contributed by atoms with Crippen LogP contribution in [0, 0.1) is 11.3 Å². The second kappa shape index (κ2) is 5.00. The van der Waals surface area contributed by atoms with E-state index in [1.54, 1.807) is 17.7 Å². The number of nitriles is 1. The molecule has 6 heteroatoms. The van der Waals surface area contributed by atoms with Gasteiger partial charge in [0, 0.05) is 26.2 Å². The monoisotopic (exact) mass is 287 g/mol. The second-order valence-electron chi connectivity index (χ2n) is 5.48. The lowest BCUT2D eigenvalue weighted by atomic mass is 10.0. The lowest BCUT2D eigenvalue weighted by Crippen LogP contribution is -2.54. The van der Waals surface area contributed by atoms with E-state index in [2.05, 4.69) is 31.2 Å². The van der Waals surface area contributed by atoms with E-state index in [9.17, 15) is 5.26 Å². The standard InChI is InChI=1S/C14H17N5S/c1-14(2,9-15)19-6-4-18(5-7-19)13-12-11(3-8-20-12)16-10-17-13/h3,8,10H,4-7H2,1-2H3. The molecule has 20 heavy (non-hydrogen) atoms. The molecule has 0 aromatic carbocycles. The van der Waals surface area contributed by atoms with Gasteiger partial charge in [0.15, 0.2) is 0 Å². The number of hydrogen-bond donors (Lipinski definition) is 0. The molecule has 1 saturated heterocycles. The molecule has 3 heterocycles. The maximum absolute atomic E-state index is 9.22. The van der Waals surface area contributed by atoms with Gasteiger partial charge < -0.3 is 4.90 Å². The predicted octanol–water partition coefficient (Wildman–Crippen LogP) is 2.12. The van der Waals surface area contributed by atoms with E-state index in [-0.39, 0.29) is 0 Å². The van der Waals surface area contributed by atoms with Crippen LogP contribution in [0.4, 0.5) is 5.82 Å². The molecule has 0 amide bonds. The van der Waals surface area contributed by atoms with Gasteiger partial charge in [-0.2, -0.15) is 5.26 Å². The van der Waals surface area contributed by atoms with E-state index >= 15 is 0 Å². The SMILES string of the molecule is CC(C)(C#N)N1CCN(c2ncnc3ccsc23)CC1. The van der Waals surface area contributed by atoms with Gasteiger partial charge in [-0.3, -0.25) is 4.90 Å². The van der Waals surface area contributed by atoms with Gasteiger partial charge in [0.25, 0.3) is 0 Å². The van der Waals surface area contributed by atoms with Crippen molar-refractivity contribution in [1.29, 1.82) is 5.26 Å². The third-order valence-electron chi connectivity index (χ3n) is 3.87. The third-order valence-corrected chi connectivity index (χ3v) is 4.77. The fourth-order valence-corrected chi connectivity index (χ4v) is 3.41. The smallest absolute Gasteiger partial charge is 0.150 e. The van der Waals surface area contributed by atoms with Crippen molar-refractivity contribution in [2.45, 2.75) is 19.4 Å². The Hall–Kier alpha value is -1.71. The summed E-state index contributed by atoms with van der Waals surface area (Å²) in [6.45, 7) is 7.52. The van der Waals surface area contributed by atoms with Gasteiger partial charge in [-0.1, -0.05) is 0 Å². The summed E-state index contributed by atoms with van der Waals surface area (Å²) < 4.78 is 1.15. The first-order chi connectivity index (χ1) is 9.62. The lowest BCUT2D eigenvalue weighted by Gasteiger charge is -2.40. The molecule has 5 nitrogen and oxygen atoms in total. The number of aromatic nitrogens is 2. The van der Waals surface area contributed by atoms with Crippen molar-refractivity contribution in [1.82, 2.24) is 14.9 Å². The highest BCUT2D eigenvalue weighted by atomic mass is 32.1. The van der Waals surface area contributed by atoms with Crippen molar-refractivity contribution in [3.63, 3.8) is 0 Å². The molecule has 1 fully saturated rings. The molecular weight excluding hydrogens is 270 g/mol. The molecule has 1 aliphatic rings. The van der Waals surface area contributed by atoms with E-state index in [0.29, 0.717) is 0 Å². The third kappa shape index (κ3) is 2.23. The van der Waals surface area contributed by atoms with Crippen LogP contribution in [0.2, 0.25) is 0 Å². The molecule has 0 aliphatic carbocycles. The summed E-state index contributed by atoms with van der Waals surface area (Å²) in [4.78, 5) is 13.3. The molecule has 104 valence electrons. The molecule has 0 spiro atoms. The number of rotatable bonds is 2. The summed E-state index contributed by atoms with van der Waals surface area (Å²) in [6.07, 6.45) is 1.63. The summed E-state index contributed by atoms with van der Waals surface area (Å²) in [7, 11) is 0. The summed E-state index contributed by atoms with van der Waals surface area (Å²) in [5, 5.41) is 11.3. The van der Waals surface area contributed by atoms with Crippen molar-refractivity contribution >= 4 is 27.4 Å². The van der Waals surface area contributed by atoms with E-state index in [4.69, 9.17) is 0 Å². The van der Waals surface area contributed by atoms with E-state index in [1.807, 2.05) is 19.9 Å². The summed E-state index contributed by atoms with van der Waals surface area (Å²) in [5.74, 6) is 1.03. The van der Waals surface area contributed by atoms with Gasteiger partial charge in [0.05, 0.1) is 16.3 Å². The Kier molecular flexibility index (Phi) is 3.32.